The average Bonchev–Trinajstić information content (AvgIpc) is 2.71. The van der Waals surface area contributed by atoms with Gasteiger partial charge in [0.1, 0.15) is 5.75 Å². The third-order valence-corrected chi connectivity index (χ3v) is 4.23. The summed E-state index contributed by atoms with van der Waals surface area (Å²) in [5, 5.41) is 14.8. The summed E-state index contributed by atoms with van der Waals surface area (Å²) in [5.41, 5.74) is 3.82. The fourth-order valence-corrected chi connectivity index (χ4v) is 2.42. The molecule has 0 bridgehead atoms. The standard InChI is InChI=1S/C20H23N3O5/c1-4-14(2)16-6-8-17(9-7-16)28-13-20(24)22-21-12-15-5-10-19(27-3)18(11-15)23(25)26/h5-12,14H,4,13H2,1-3H3,(H,22,24)/t14-/m1/s1. The Hall–Kier alpha value is -3.42. The van der Waals surface area contributed by atoms with Gasteiger partial charge in [0.15, 0.2) is 12.4 Å². The third-order valence-electron chi connectivity index (χ3n) is 4.23. The van der Waals surface area contributed by atoms with Crippen LogP contribution in [-0.4, -0.2) is 30.8 Å². The molecule has 2 rings (SSSR count). The number of hydrazone groups is 1. The number of carbonyl (C=O) groups excluding carboxylic acids is 1. The maximum absolute atomic E-state index is 11.8. The molecule has 0 aliphatic carbocycles. The van der Waals surface area contributed by atoms with Crippen LogP contribution in [0.5, 0.6) is 11.5 Å². The fourth-order valence-electron chi connectivity index (χ4n) is 2.42. The molecule has 0 unspecified atom stereocenters. The van der Waals surface area contributed by atoms with Crippen molar-refractivity contribution in [2.75, 3.05) is 13.7 Å². The zero-order valence-electron chi connectivity index (χ0n) is 16.0. The Bertz CT molecular complexity index is 849. The molecule has 0 fully saturated rings. The van der Waals surface area contributed by atoms with Gasteiger partial charge in [0.05, 0.1) is 18.2 Å². The average molecular weight is 385 g/mol. The summed E-state index contributed by atoms with van der Waals surface area (Å²) < 4.78 is 10.4. The number of nitro benzene ring substituents is 1. The summed E-state index contributed by atoms with van der Waals surface area (Å²) in [7, 11) is 1.36. The summed E-state index contributed by atoms with van der Waals surface area (Å²) >= 11 is 0. The summed E-state index contributed by atoms with van der Waals surface area (Å²) in [6.45, 7) is 4.09. The first-order chi connectivity index (χ1) is 13.4. The molecule has 0 saturated carbocycles. The van der Waals surface area contributed by atoms with Crippen molar-refractivity contribution in [1.29, 1.82) is 0 Å². The van der Waals surface area contributed by atoms with Crippen molar-refractivity contribution < 1.29 is 19.2 Å². The first kappa shape index (κ1) is 20.9. The van der Waals surface area contributed by atoms with Crippen molar-refractivity contribution in [2.24, 2.45) is 5.10 Å². The number of rotatable bonds is 9. The molecular weight excluding hydrogens is 362 g/mol. The molecular formula is C20H23N3O5. The Morgan fingerprint density at radius 2 is 2.00 bits per heavy atom. The maximum atomic E-state index is 11.8. The molecule has 2 aromatic rings. The molecule has 148 valence electrons. The van der Waals surface area contributed by atoms with E-state index in [0.29, 0.717) is 17.2 Å². The van der Waals surface area contributed by atoms with E-state index in [1.165, 1.54) is 31.0 Å². The van der Waals surface area contributed by atoms with Crippen LogP contribution in [0.3, 0.4) is 0 Å². The molecule has 0 heterocycles. The van der Waals surface area contributed by atoms with E-state index >= 15 is 0 Å². The number of hydrogen-bond donors (Lipinski definition) is 1. The highest BCUT2D eigenvalue weighted by molar-refractivity contribution is 5.84. The second kappa shape index (κ2) is 10.1. The van der Waals surface area contributed by atoms with Crippen molar-refractivity contribution in [3.05, 3.63) is 63.7 Å². The molecule has 8 heteroatoms. The molecule has 0 saturated heterocycles. The molecule has 2 aromatic carbocycles. The molecule has 0 aliphatic rings. The van der Waals surface area contributed by atoms with Crippen LogP contribution in [0.1, 0.15) is 37.3 Å². The predicted molar refractivity (Wildman–Crippen MR) is 106 cm³/mol. The Morgan fingerprint density at radius 3 is 2.61 bits per heavy atom. The topological polar surface area (TPSA) is 103 Å². The van der Waals surface area contributed by atoms with Crippen molar-refractivity contribution in [2.45, 2.75) is 26.2 Å². The fraction of sp³-hybridized carbons (Fsp3) is 0.300. The van der Waals surface area contributed by atoms with Crippen LogP contribution < -0.4 is 14.9 Å². The van der Waals surface area contributed by atoms with Gasteiger partial charge in [0.25, 0.3) is 5.91 Å². The Morgan fingerprint density at radius 1 is 1.29 bits per heavy atom. The van der Waals surface area contributed by atoms with Gasteiger partial charge < -0.3 is 9.47 Å². The van der Waals surface area contributed by atoms with Gasteiger partial charge in [-0.3, -0.25) is 14.9 Å². The zero-order chi connectivity index (χ0) is 20.5. The van der Waals surface area contributed by atoms with Gasteiger partial charge in [0.2, 0.25) is 0 Å². The summed E-state index contributed by atoms with van der Waals surface area (Å²) in [5.74, 6) is 0.779. The molecule has 0 spiro atoms. The van der Waals surface area contributed by atoms with Crippen LogP contribution in [0.15, 0.2) is 47.6 Å². The smallest absolute Gasteiger partial charge is 0.311 e. The molecule has 28 heavy (non-hydrogen) atoms. The van der Waals surface area contributed by atoms with E-state index in [4.69, 9.17) is 9.47 Å². The Labute approximate surface area is 163 Å². The molecule has 0 aromatic heterocycles. The highest BCUT2D eigenvalue weighted by atomic mass is 16.6. The van der Waals surface area contributed by atoms with Crippen molar-refractivity contribution in [3.8, 4) is 11.5 Å². The van der Waals surface area contributed by atoms with Gasteiger partial charge in [0, 0.05) is 11.6 Å². The van der Waals surface area contributed by atoms with Crippen molar-refractivity contribution in [1.82, 2.24) is 5.43 Å². The van der Waals surface area contributed by atoms with E-state index in [1.54, 1.807) is 6.07 Å². The minimum absolute atomic E-state index is 0.152. The van der Waals surface area contributed by atoms with Gasteiger partial charge in [-0.15, -0.1) is 0 Å². The van der Waals surface area contributed by atoms with E-state index in [-0.39, 0.29) is 18.0 Å². The second-order valence-corrected chi connectivity index (χ2v) is 6.15. The lowest BCUT2D eigenvalue weighted by molar-refractivity contribution is -0.385. The summed E-state index contributed by atoms with van der Waals surface area (Å²) in [6, 6.07) is 12.0. The summed E-state index contributed by atoms with van der Waals surface area (Å²) in [4.78, 5) is 22.3. The third kappa shape index (κ3) is 5.80. The van der Waals surface area contributed by atoms with E-state index in [9.17, 15) is 14.9 Å². The second-order valence-electron chi connectivity index (χ2n) is 6.15. The number of benzene rings is 2. The minimum Gasteiger partial charge on any atom is -0.490 e. The van der Waals surface area contributed by atoms with Crippen LogP contribution in [0.2, 0.25) is 0 Å². The quantitative estimate of drug-likeness (QED) is 0.403. The van der Waals surface area contributed by atoms with Crippen molar-refractivity contribution >= 4 is 17.8 Å². The molecule has 1 N–H and O–H groups in total. The number of nitrogens with one attached hydrogen (secondary N) is 1. The maximum Gasteiger partial charge on any atom is 0.311 e. The van der Waals surface area contributed by atoms with Crippen molar-refractivity contribution in [3.63, 3.8) is 0 Å². The highest BCUT2D eigenvalue weighted by Gasteiger charge is 2.14. The van der Waals surface area contributed by atoms with Gasteiger partial charge in [-0.05, 0) is 42.2 Å². The predicted octanol–water partition coefficient (Wildman–Crippen LogP) is 3.65. The zero-order valence-corrected chi connectivity index (χ0v) is 16.0. The largest absolute Gasteiger partial charge is 0.490 e. The number of hydrogen-bond acceptors (Lipinski definition) is 6. The lowest BCUT2D eigenvalue weighted by Crippen LogP contribution is -2.24. The number of amides is 1. The van der Waals surface area contributed by atoms with E-state index in [2.05, 4.69) is 24.4 Å². The van der Waals surface area contributed by atoms with Crippen LogP contribution >= 0.6 is 0 Å². The molecule has 0 radical (unpaired) electrons. The Balaban J connectivity index is 1.87. The number of ether oxygens (including phenoxy) is 2. The van der Waals surface area contributed by atoms with Crippen LogP contribution in [0.25, 0.3) is 0 Å². The molecule has 1 atom stereocenters. The molecule has 0 aliphatic heterocycles. The number of methoxy groups -OCH3 is 1. The number of nitrogens with zero attached hydrogens (tertiary/aromatic N) is 2. The van der Waals surface area contributed by atoms with E-state index in [1.807, 2.05) is 24.3 Å². The molecule has 8 nitrogen and oxygen atoms in total. The normalized spacial score (nSPS) is 11.8. The first-order valence-corrected chi connectivity index (χ1v) is 8.81. The van der Waals surface area contributed by atoms with Gasteiger partial charge in [-0.25, -0.2) is 5.43 Å². The van der Waals surface area contributed by atoms with E-state index in [0.717, 1.165) is 6.42 Å². The highest BCUT2D eigenvalue weighted by Crippen LogP contribution is 2.26. The Kier molecular flexibility index (Phi) is 7.50. The monoisotopic (exact) mass is 385 g/mol. The van der Waals surface area contributed by atoms with Gasteiger partial charge in [-0.2, -0.15) is 5.10 Å². The van der Waals surface area contributed by atoms with Crippen LogP contribution in [0.4, 0.5) is 5.69 Å². The van der Waals surface area contributed by atoms with Gasteiger partial charge >= 0.3 is 5.69 Å². The SMILES string of the molecule is CC[C@@H](C)c1ccc(OCC(=O)NN=Cc2ccc(OC)c([N+](=O)[O-])c2)cc1. The van der Waals surface area contributed by atoms with Gasteiger partial charge in [-0.1, -0.05) is 26.0 Å². The van der Waals surface area contributed by atoms with Crippen LogP contribution in [0, 0.1) is 10.1 Å². The minimum atomic E-state index is -0.547. The van der Waals surface area contributed by atoms with Crippen LogP contribution in [-0.2, 0) is 4.79 Å². The summed E-state index contributed by atoms with van der Waals surface area (Å²) in [6.07, 6.45) is 2.36. The lowest BCUT2D eigenvalue weighted by Gasteiger charge is -2.10. The lowest BCUT2D eigenvalue weighted by atomic mass is 9.99. The molecule has 1 amide bonds. The number of nitro groups is 1. The number of carbonyl (C=O) groups is 1. The first-order valence-electron chi connectivity index (χ1n) is 8.81. The van der Waals surface area contributed by atoms with E-state index < -0.39 is 10.8 Å².